The molecule has 92 valence electrons. The third-order valence-electron chi connectivity index (χ3n) is 1.92. The van der Waals surface area contributed by atoms with E-state index in [1.807, 2.05) is 0 Å². The van der Waals surface area contributed by atoms with Crippen molar-refractivity contribution in [3.8, 4) is 0 Å². The lowest BCUT2D eigenvalue weighted by atomic mass is 10.2. The molecule has 0 saturated heterocycles. The average molecular weight is 241 g/mol. The van der Waals surface area contributed by atoms with E-state index in [2.05, 4.69) is 15.5 Å². The maximum Gasteiger partial charge on any atom is 0.326 e. The Labute approximate surface area is 95.6 Å². The normalized spacial score (nSPS) is 11.8. The minimum atomic E-state index is -1.43. The van der Waals surface area contributed by atoms with Crippen molar-refractivity contribution >= 4 is 17.8 Å². The Morgan fingerprint density at radius 1 is 1.41 bits per heavy atom. The van der Waals surface area contributed by atoms with Crippen molar-refractivity contribution in [3.63, 3.8) is 0 Å². The summed E-state index contributed by atoms with van der Waals surface area (Å²) in [6.07, 6.45) is 0.710. The summed E-state index contributed by atoms with van der Waals surface area (Å²) >= 11 is 0. The van der Waals surface area contributed by atoms with Crippen LogP contribution in [0.3, 0.4) is 0 Å². The highest BCUT2D eigenvalue weighted by atomic mass is 16.4. The number of carboxylic acids is 2. The lowest BCUT2D eigenvalue weighted by molar-refractivity contribution is -0.147. The van der Waals surface area contributed by atoms with Gasteiger partial charge in [0, 0.05) is 11.9 Å². The smallest absolute Gasteiger partial charge is 0.326 e. The predicted octanol–water partition coefficient (Wildman–Crippen LogP) is -1.00. The van der Waals surface area contributed by atoms with Gasteiger partial charge in [-0.3, -0.25) is 14.7 Å². The van der Waals surface area contributed by atoms with Gasteiger partial charge in [-0.2, -0.15) is 5.10 Å². The Balaban J connectivity index is 2.52. The van der Waals surface area contributed by atoms with Gasteiger partial charge in [-0.05, 0) is 6.07 Å². The highest BCUT2D eigenvalue weighted by Gasteiger charge is 2.22. The van der Waals surface area contributed by atoms with Gasteiger partial charge in [0.25, 0.3) is 0 Å². The maximum absolute atomic E-state index is 11.4. The molecule has 1 atom stereocenters. The molecule has 8 nitrogen and oxygen atoms in total. The van der Waals surface area contributed by atoms with Gasteiger partial charge in [0.15, 0.2) is 0 Å². The largest absolute Gasteiger partial charge is 0.481 e. The molecular formula is C9H11N3O5. The number of aliphatic carboxylic acids is 2. The fourth-order valence-electron chi connectivity index (χ4n) is 1.18. The zero-order valence-corrected chi connectivity index (χ0v) is 8.71. The van der Waals surface area contributed by atoms with Crippen LogP contribution in [0.1, 0.15) is 12.1 Å². The third-order valence-corrected chi connectivity index (χ3v) is 1.92. The molecule has 0 aliphatic rings. The van der Waals surface area contributed by atoms with Gasteiger partial charge >= 0.3 is 11.9 Å². The van der Waals surface area contributed by atoms with Crippen LogP contribution >= 0.6 is 0 Å². The topological polar surface area (TPSA) is 132 Å². The zero-order chi connectivity index (χ0) is 12.8. The summed E-state index contributed by atoms with van der Waals surface area (Å²) in [7, 11) is 0. The number of hydrogen-bond acceptors (Lipinski definition) is 4. The van der Waals surface area contributed by atoms with E-state index in [4.69, 9.17) is 10.2 Å². The van der Waals surface area contributed by atoms with Crippen LogP contribution in [0, 0.1) is 0 Å². The van der Waals surface area contributed by atoms with Gasteiger partial charge in [-0.1, -0.05) is 0 Å². The first kappa shape index (κ1) is 12.7. The number of nitrogens with one attached hydrogen (secondary N) is 2. The van der Waals surface area contributed by atoms with E-state index in [0.717, 1.165) is 0 Å². The standard InChI is InChI=1S/C9H11N3O5/c13-7(3-5-1-2-10-12-5)11-6(9(16)17)4-8(14)15/h1-2,6H,3-4H2,(H,10,12)(H,11,13)(H,14,15)(H,16,17). The van der Waals surface area contributed by atoms with Crippen molar-refractivity contribution in [2.45, 2.75) is 18.9 Å². The molecule has 8 heteroatoms. The molecule has 0 aliphatic heterocycles. The number of amides is 1. The molecule has 0 radical (unpaired) electrons. The number of carbonyl (C=O) groups is 3. The SMILES string of the molecule is O=C(O)CC(NC(=O)Cc1ccn[nH]1)C(=O)O. The van der Waals surface area contributed by atoms with Crippen molar-refractivity contribution in [2.75, 3.05) is 0 Å². The maximum atomic E-state index is 11.4. The zero-order valence-electron chi connectivity index (χ0n) is 8.71. The molecule has 0 bridgehead atoms. The summed E-state index contributed by atoms with van der Waals surface area (Å²) in [5.74, 6) is -3.26. The summed E-state index contributed by atoms with van der Waals surface area (Å²) in [5, 5.41) is 25.4. The second-order valence-electron chi connectivity index (χ2n) is 3.31. The van der Waals surface area contributed by atoms with Crippen molar-refractivity contribution in [2.24, 2.45) is 0 Å². The van der Waals surface area contributed by atoms with E-state index in [0.29, 0.717) is 5.69 Å². The van der Waals surface area contributed by atoms with Crippen molar-refractivity contribution in [1.82, 2.24) is 15.5 Å². The number of rotatable bonds is 6. The summed E-state index contributed by atoms with van der Waals surface area (Å²) in [6, 6.07) is 0.134. The van der Waals surface area contributed by atoms with Gasteiger partial charge in [-0.25, -0.2) is 4.79 Å². The molecule has 1 rings (SSSR count). The number of aromatic nitrogens is 2. The van der Waals surface area contributed by atoms with Gasteiger partial charge in [-0.15, -0.1) is 0 Å². The molecule has 4 N–H and O–H groups in total. The van der Waals surface area contributed by atoms with Crippen LogP contribution in [0.15, 0.2) is 12.3 Å². The van der Waals surface area contributed by atoms with Gasteiger partial charge in [0.2, 0.25) is 5.91 Å². The second-order valence-corrected chi connectivity index (χ2v) is 3.31. The van der Waals surface area contributed by atoms with Crippen LogP contribution in [-0.2, 0) is 20.8 Å². The fourth-order valence-corrected chi connectivity index (χ4v) is 1.18. The van der Waals surface area contributed by atoms with E-state index < -0.39 is 30.3 Å². The number of nitrogens with zero attached hydrogens (tertiary/aromatic N) is 1. The van der Waals surface area contributed by atoms with Crippen LogP contribution in [0.4, 0.5) is 0 Å². The molecule has 0 aromatic carbocycles. The fraction of sp³-hybridized carbons (Fsp3) is 0.333. The molecule has 17 heavy (non-hydrogen) atoms. The van der Waals surface area contributed by atoms with Crippen molar-refractivity contribution in [3.05, 3.63) is 18.0 Å². The molecule has 0 saturated carbocycles. The van der Waals surface area contributed by atoms with Crippen LogP contribution in [-0.4, -0.2) is 44.3 Å². The molecule has 0 fully saturated rings. The molecule has 1 heterocycles. The van der Waals surface area contributed by atoms with Crippen molar-refractivity contribution in [1.29, 1.82) is 0 Å². The monoisotopic (exact) mass is 241 g/mol. The lowest BCUT2D eigenvalue weighted by Crippen LogP contribution is -2.42. The number of H-pyrrole nitrogens is 1. The van der Waals surface area contributed by atoms with Crippen LogP contribution in [0.5, 0.6) is 0 Å². The number of aromatic amines is 1. The first-order valence-electron chi connectivity index (χ1n) is 4.71. The van der Waals surface area contributed by atoms with E-state index in [1.54, 1.807) is 6.07 Å². The molecule has 1 aromatic rings. The van der Waals surface area contributed by atoms with E-state index >= 15 is 0 Å². The first-order chi connectivity index (χ1) is 7.99. The van der Waals surface area contributed by atoms with Crippen molar-refractivity contribution < 1.29 is 24.6 Å². The quantitative estimate of drug-likeness (QED) is 0.504. The third kappa shape index (κ3) is 4.33. The number of carbonyl (C=O) groups excluding carboxylic acids is 1. The number of hydrogen-bond donors (Lipinski definition) is 4. The Hall–Kier alpha value is -2.38. The molecule has 1 amide bonds. The van der Waals surface area contributed by atoms with E-state index in [9.17, 15) is 14.4 Å². The Morgan fingerprint density at radius 2 is 2.12 bits per heavy atom. The highest BCUT2D eigenvalue weighted by molar-refractivity contribution is 5.87. The Bertz CT molecular complexity index is 414. The second kappa shape index (κ2) is 5.64. The van der Waals surface area contributed by atoms with Gasteiger partial charge in [0.1, 0.15) is 6.04 Å². The van der Waals surface area contributed by atoms with Crippen LogP contribution in [0.25, 0.3) is 0 Å². The molecule has 1 aromatic heterocycles. The summed E-state index contributed by atoms with van der Waals surface area (Å²) in [6.45, 7) is 0. The van der Waals surface area contributed by atoms with E-state index in [-0.39, 0.29) is 6.42 Å². The molecule has 0 aliphatic carbocycles. The predicted molar refractivity (Wildman–Crippen MR) is 54.1 cm³/mol. The molecule has 1 unspecified atom stereocenters. The van der Waals surface area contributed by atoms with Gasteiger partial charge in [0.05, 0.1) is 12.8 Å². The van der Waals surface area contributed by atoms with Gasteiger partial charge < -0.3 is 15.5 Å². The molecular weight excluding hydrogens is 230 g/mol. The minimum Gasteiger partial charge on any atom is -0.481 e. The van der Waals surface area contributed by atoms with E-state index in [1.165, 1.54) is 6.20 Å². The summed E-state index contributed by atoms with van der Waals surface area (Å²) < 4.78 is 0. The average Bonchev–Trinajstić information content (AvgIpc) is 2.68. The molecule has 0 spiro atoms. The first-order valence-corrected chi connectivity index (χ1v) is 4.71. The number of carboxylic acid groups (broad SMARTS) is 2. The summed E-state index contributed by atoms with van der Waals surface area (Å²) in [5.41, 5.74) is 0.516. The minimum absolute atomic E-state index is 0.0800. The highest BCUT2D eigenvalue weighted by Crippen LogP contribution is 1.97. The Kier molecular flexibility index (Phi) is 4.21. The Morgan fingerprint density at radius 3 is 2.59 bits per heavy atom. The van der Waals surface area contributed by atoms with Crippen LogP contribution in [0.2, 0.25) is 0 Å². The summed E-state index contributed by atoms with van der Waals surface area (Å²) in [4.78, 5) is 32.4. The lowest BCUT2D eigenvalue weighted by Gasteiger charge is -2.11. The van der Waals surface area contributed by atoms with Crippen LogP contribution < -0.4 is 5.32 Å².